The standard InChI is InChI=1S/Al.2ClH.Na.2H/h;2*1H;;;/q+2;;;+1;;-1/p-2. The predicted molar refractivity (Wildman–Crippen MR) is 20.0 cm³/mol. The molecule has 4 heavy (non-hydrogen) atoms. The van der Waals surface area contributed by atoms with Crippen LogP contribution in [0.25, 0.3) is 0 Å². The minimum Gasteiger partial charge on any atom is -1.00 e. The van der Waals surface area contributed by atoms with Crippen molar-refractivity contribution < 1.29 is 31.0 Å². The Hall–Kier alpha value is 2.11. The molecule has 0 N–H and O–H groups in total. The first kappa shape index (κ1) is 9.45. The van der Waals surface area contributed by atoms with Gasteiger partial charge in [0, 0.05) is 0 Å². The second-order valence-electron chi connectivity index (χ2n) is 0.101. The van der Waals surface area contributed by atoms with Crippen LogP contribution in [0.4, 0.5) is 0 Å². The molecule has 0 aliphatic heterocycles. The summed E-state index contributed by atoms with van der Waals surface area (Å²) in [6.45, 7) is 0. The summed E-state index contributed by atoms with van der Waals surface area (Å²) in [5.41, 5.74) is 0. The Morgan fingerprint density at radius 3 is 1.50 bits per heavy atom. The van der Waals surface area contributed by atoms with E-state index in [2.05, 4.69) is 0 Å². The summed E-state index contributed by atoms with van der Waals surface area (Å²) < 4.78 is 0. The van der Waals surface area contributed by atoms with Gasteiger partial charge in [0.25, 0.3) is 0 Å². The SMILES string of the molecule is [Cl][AlH][Cl].[H-].[Na+]. The number of rotatable bonds is 0. The van der Waals surface area contributed by atoms with Crippen molar-refractivity contribution in [1.29, 1.82) is 0 Å². The smallest absolute Gasteiger partial charge is 1.00 e. The van der Waals surface area contributed by atoms with E-state index < -0.39 is 13.4 Å². The minimum atomic E-state index is -0.639. The topological polar surface area (TPSA) is 0 Å². The summed E-state index contributed by atoms with van der Waals surface area (Å²) in [4.78, 5) is 0. The summed E-state index contributed by atoms with van der Waals surface area (Å²) in [7, 11) is 9.81. The molecular weight excluding hydrogens is 121 g/mol. The first-order valence-corrected chi connectivity index (χ1v) is 4.81. The van der Waals surface area contributed by atoms with Gasteiger partial charge in [0.05, 0.1) is 0 Å². The van der Waals surface area contributed by atoms with Gasteiger partial charge < -0.3 is 1.43 Å². The molecular formula is H2AlCl2Na. The fourth-order valence-corrected chi connectivity index (χ4v) is 0. The summed E-state index contributed by atoms with van der Waals surface area (Å²) in [6.07, 6.45) is 0. The first-order valence-electron chi connectivity index (χ1n) is 0.535. The van der Waals surface area contributed by atoms with E-state index in [1.807, 2.05) is 0 Å². The van der Waals surface area contributed by atoms with Crippen LogP contribution >= 0.6 is 20.1 Å². The second kappa shape index (κ2) is 8.93. The molecule has 0 bridgehead atoms. The van der Waals surface area contributed by atoms with E-state index in [1.165, 1.54) is 0 Å². The normalized spacial score (nSPS) is 3.50. The summed E-state index contributed by atoms with van der Waals surface area (Å²) in [5, 5.41) is 0. The molecule has 4 heteroatoms. The molecule has 0 aliphatic carbocycles. The van der Waals surface area contributed by atoms with Crippen molar-refractivity contribution in [3.05, 3.63) is 0 Å². The molecule has 0 rings (SSSR count). The number of hydrogen-bond acceptors (Lipinski definition) is 0. The van der Waals surface area contributed by atoms with Crippen molar-refractivity contribution in [2.75, 3.05) is 0 Å². The Kier molecular flexibility index (Phi) is 21.1. The Bertz CT molecular complexity index is 9.61. The van der Waals surface area contributed by atoms with Gasteiger partial charge in [-0.15, -0.1) is 0 Å². The van der Waals surface area contributed by atoms with Crippen molar-refractivity contribution in [3.8, 4) is 0 Å². The minimum absolute atomic E-state index is 0. The quantitative estimate of drug-likeness (QED) is 0.322. The number of halogens is 2. The van der Waals surface area contributed by atoms with Crippen LogP contribution in [0.3, 0.4) is 0 Å². The molecule has 0 aromatic carbocycles. The van der Waals surface area contributed by atoms with Gasteiger partial charge in [-0.2, -0.15) is 0 Å². The first-order chi connectivity index (χ1) is 1.41. The molecule has 0 atom stereocenters. The van der Waals surface area contributed by atoms with Crippen LogP contribution < -0.4 is 29.6 Å². The van der Waals surface area contributed by atoms with Crippen LogP contribution in [-0.4, -0.2) is 13.4 Å². The molecule has 0 nitrogen and oxygen atoms in total. The van der Waals surface area contributed by atoms with Crippen LogP contribution in [0.15, 0.2) is 0 Å². The summed E-state index contributed by atoms with van der Waals surface area (Å²) in [6, 6.07) is 0. The van der Waals surface area contributed by atoms with E-state index in [0.29, 0.717) is 0 Å². The van der Waals surface area contributed by atoms with Gasteiger partial charge in [-0.05, 0) is 0 Å². The Labute approximate surface area is 63.7 Å². The maximum absolute atomic E-state index is 4.90. The van der Waals surface area contributed by atoms with E-state index in [1.54, 1.807) is 0 Å². The van der Waals surface area contributed by atoms with Crippen molar-refractivity contribution in [2.24, 2.45) is 0 Å². The molecule has 0 heterocycles. The molecule has 0 amide bonds. The van der Waals surface area contributed by atoms with Crippen molar-refractivity contribution in [3.63, 3.8) is 0 Å². The molecule has 0 saturated heterocycles. The molecule has 0 radical (unpaired) electrons. The largest absolute Gasteiger partial charge is 1.00 e. The zero-order valence-electron chi connectivity index (χ0n) is 3.46. The van der Waals surface area contributed by atoms with Crippen molar-refractivity contribution in [2.45, 2.75) is 0 Å². The summed E-state index contributed by atoms with van der Waals surface area (Å²) in [5.74, 6) is 0. The van der Waals surface area contributed by atoms with Crippen LogP contribution in [0, 0.1) is 0 Å². The molecule has 0 unspecified atom stereocenters. The van der Waals surface area contributed by atoms with E-state index in [4.69, 9.17) is 20.1 Å². The third kappa shape index (κ3) is 8.93. The molecule has 0 fully saturated rings. The molecule has 20 valence electrons. The Morgan fingerprint density at radius 1 is 1.50 bits per heavy atom. The van der Waals surface area contributed by atoms with Gasteiger partial charge in [0.15, 0.2) is 0 Å². The second-order valence-corrected chi connectivity index (χ2v) is 2.73. The molecule has 0 aromatic heterocycles. The van der Waals surface area contributed by atoms with Gasteiger partial charge in [-0.1, -0.05) is 0 Å². The van der Waals surface area contributed by atoms with E-state index >= 15 is 0 Å². The van der Waals surface area contributed by atoms with Crippen LogP contribution in [-0.2, 0) is 0 Å². The molecule has 0 aromatic rings. The fraction of sp³-hybridized carbons (Fsp3) is 0. The average molecular weight is 123 g/mol. The van der Waals surface area contributed by atoms with Gasteiger partial charge in [-0.25, -0.2) is 20.1 Å². The predicted octanol–water partition coefficient (Wildman–Crippen LogP) is -2.15. The van der Waals surface area contributed by atoms with E-state index in [-0.39, 0.29) is 31.0 Å². The van der Waals surface area contributed by atoms with Crippen LogP contribution in [0.5, 0.6) is 0 Å². The van der Waals surface area contributed by atoms with E-state index in [0.717, 1.165) is 0 Å². The van der Waals surface area contributed by atoms with Crippen LogP contribution in [0.2, 0.25) is 0 Å². The van der Waals surface area contributed by atoms with Crippen molar-refractivity contribution in [1.82, 2.24) is 0 Å². The maximum Gasteiger partial charge on any atom is 1.00 e. The zero-order chi connectivity index (χ0) is 2.71. The van der Waals surface area contributed by atoms with Gasteiger partial charge in [0.2, 0.25) is 0 Å². The summed E-state index contributed by atoms with van der Waals surface area (Å²) >= 11 is -0.639. The van der Waals surface area contributed by atoms with Gasteiger partial charge in [0.1, 0.15) is 0 Å². The molecule has 0 saturated carbocycles. The maximum atomic E-state index is 4.90. The fourth-order valence-electron chi connectivity index (χ4n) is 0. The number of hydrogen-bond donors (Lipinski definition) is 0. The Balaban J connectivity index is -0.0000000200. The zero-order valence-corrected chi connectivity index (χ0v) is 7.39. The van der Waals surface area contributed by atoms with E-state index in [9.17, 15) is 0 Å². The Morgan fingerprint density at radius 2 is 1.50 bits per heavy atom. The van der Waals surface area contributed by atoms with Crippen molar-refractivity contribution >= 4 is 33.5 Å². The van der Waals surface area contributed by atoms with Gasteiger partial charge >= 0.3 is 42.9 Å². The monoisotopic (exact) mass is 122 g/mol. The third-order valence-electron chi connectivity index (χ3n) is 0. The third-order valence-corrected chi connectivity index (χ3v) is 0. The van der Waals surface area contributed by atoms with Crippen LogP contribution in [0.1, 0.15) is 1.43 Å². The van der Waals surface area contributed by atoms with Gasteiger partial charge in [-0.3, -0.25) is 0 Å². The molecule has 0 spiro atoms. The average Bonchev–Trinajstić information content (AvgIpc) is 0.918. The molecule has 0 aliphatic rings.